The molecule has 33 heavy (non-hydrogen) atoms. The Bertz CT molecular complexity index is 1100. The van der Waals surface area contributed by atoms with Gasteiger partial charge in [0.15, 0.2) is 0 Å². The number of phenolic OH excluding ortho intramolecular Hbond substituents is 1. The van der Waals surface area contributed by atoms with E-state index in [1.807, 2.05) is 0 Å². The first-order valence-corrected chi connectivity index (χ1v) is 11.8. The Balaban J connectivity index is 1.59. The number of phenols is 1. The van der Waals surface area contributed by atoms with Crippen LogP contribution in [0.5, 0.6) is 5.75 Å². The molecule has 0 bridgehead atoms. The molecule has 2 N–H and O–H groups in total. The van der Waals surface area contributed by atoms with E-state index in [2.05, 4.69) is 43.1 Å². The standard InChI is InChI=1S/C25H27BrF2N4O/c1-31-10-12-32(13-11-31)9-3-8-29-24-15-17(25-20(27)4-2-5-21(25)28)14-22(30-24)19-16-18(26)6-7-23(19)33/h2,4-7,14-16,33H,3,8-13H2,1H3,(H,29,30). The van der Waals surface area contributed by atoms with E-state index in [-0.39, 0.29) is 11.3 Å². The van der Waals surface area contributed by atoms with Crippen LogP contribution in [0.25, 0.3) is 22.4 Å². The molecule has 1 saturated heterocycles. The summed E-state index contributed by atoms with van der Waals surface area (Å²) in [6, 6.07) is 12.1. The summed E-state index contributed by atoms with van der Waals surface area (Å²) in [4.78, 5) is 9.39. The number of rotatable bonds is 7. The van der Waals surface area contributed by atoms with Crippen LogP contribution in [0.3, 0.4) is 0 Å². The number of benzene rings is 2. The molecule has 0 amide bonds. The molecule has 3 aromatic rings. The lowest BCUT2D eigenvalue weighted by molar-refractivity contribution is 0.154. The van der Waals surface area contributed by atoms with Gasteiger partial charge in [-0.15, -0.1) is 0 Å². The molecule has 2 aromatic carbocycles. The smallest absolute Gasteiger partial charge is 0.133 e. The van der Waals surface area contributed by atoms with Crippen molar-refractivity contribution in [2.45, 2.75) is 6.42 Å². The Morgan fingerprint density at radius 2 is 1.76 bits per heavy atom. The van der Waals surface area contributed by atoms with E-state index < -0.39 is 11.6 Å². The van der Waals surface area contributed by atoms with Crippen LogP contribution in [0, 0.1) is 11.6 Å². The summed E-state index contributed by atoms with van der Waals surface area (Å²) in [5.41, 5.74) is 1.15. The van der Waals surface area contributed by atoms with Gasteiger partial charge in [0.25, 0.3) is 0 Å². The zero-order chi connectivity index (χ0) is 23.4. The molecule has 0 saturated carbocycles. The molecule has 1 aliphatic heterocycles. The van der Waals surface area contributed by atoms with Gasteiger partial charge in [0.05, 0.1) is 11.3 Å². The van der Waals surface area contributed by atoms with Crippen molar-refractivity contribution in [3.05, 3.63) is 64.6 Å². The molecule has 0 spiro atoms. The van der Waals surface area contributed by atoms with Gasteiger partial charge in [0, 0.05) is 42.8 Å². The number of hydrogen-bond acceptors (Lipinski definition) is 5. The van der Waals surface area contributed by atoms with E-state index in [0.717, 1.165) is 43.6 Å². The minimum absolute atomic E-state index is 0.0397. The molecular weight excluding hydrogens is 490 g/mol. The van der Waals surface area contributed by atoms with Gasteiger partial charge >= 0.3 is 0 Å². The lowest BCUT2D eigenvalue weighted by atomic mass is 10.0. The Kier molecular flexibility index (Phi) is 7.57. The van der Waals surface area contributed by atoms with Gasteiger partial charge in [0.1, 0.15) is 23.2 Å². The van der Waals surface area contributed by atoms with Gasteiger partial charge in [-0.05, 0) is 68.0 Å². The third kappa shape index (κ3) is 5.88. The highest BCUT2D eigenvalue weighted by Crippen LogP contribution is 2.35. The number of hydrogen-bond donors (Lipinski definition) is 2. The monoisotopic (exact) mass is 516 g/mol. The first kappa shape index (κ1) is 23.6. The van der Waals surface area contributed by atoms with Crippen molar-refractivity contribution in [1.82, 2.24) is 14.8 Å². The van der Waals surface area contributed by atoms with Crippen LogP contribution in [0.4, 0.5) is 14.6 Å². The van der Waals surface area contributed by atoms with E-state index >= 15 is 0 Å². The zero-order valence-electron chi connectivity index (χ0n) is 18.5. The molecular formula is C25H27BrF2N4O. The number of halogens is 3. The third-order valence-electron chi connectivity index (χ3n) is 5.86. The van der Waals surface area contributed by atoms with Crippen molar-refractivity contribution in [2.24, 2.45) is 0 Å². The summed E-state index contributed by atoms with van der Waals surface area (Å²) in [7, 11) is 2.14. The first-order chi connectivity index (χ1) is 15.9. The second kappa shape index (κ2) is 10.6. The molecule has 4 rings (SSSR count). The highest BCUT2D eigenvalue weighted by Gasteiger charge is 2.17. The van der Waals surface area contributed by atoms with Crippen molar-refractivity contribution in [1.29, 1.82) is 0 Å². The molecule has 8 heteroatoms. The molecule has 0 unspecified atom stereocenters. The van der Waals surface area contributed by atoms with Crippen LogP contribution in [0.2, 0.25) is 0 Å². The first-order valence-electron chi connectivity index (χ1n) is 11.0. The Morgan fingerprint density at radius 3 is 2.48 bits per heavy atom. The number of anilines is 1. The third-order valence-corrected chi connectivity index (χ3v) is 6.36. The van der Waals surface area contributed by atoms with Crippen molar-refractivity contribution >= 4 is 21.7 Å². The highest BCUT2D eigenvalue weighted by atomic mass is 79.9. The Morgan fingerprint density at radius 1 is 1.03 bits per heavy atom. The van der Waals surface area contributed by atoms with Gasteiger partial charge < -0.3 is 20.2 Å². The summed E-state index contributed by atoms with van der Waals surface area (Å²) >= 11 is 3.41. The maximum Gasteiger partial charge on any atom is 0.133 e. The number of aromatic hydroxyl groups is 1. The number of nitrogens with zero attached hydrogens (tertiary/aromatic N) is 3. The molecule has 2 heterocycles. The van der Waals surface area contributed by atoms with Crippen LogP contribution in [0.15, 0.2) is 53.0 Å². The number of piperazine rings is 1. The summed E-state index contributed by atoms with van der Waals surface area (Å²) in [5.74, 6) is -0.751. The van der Waals surface area contributed by atoms with Crippen LogP contribution >= 0.6 is 15.9 Å². The van der Waals surface area contributed by atoms with Crippen LogP contribution in [-0.4, -0.2) is 66.2 Å². The average molecular weight is 517 g/mol. The largest absolute Gasteiger partial charge is 0.507 e. The molecule has 1 fully saturated rings. The normalized spacial score (nSPS) is 15.0. The summed E-state index contributed by atoms with van der Waals surface area (Å²) in [6.45, 7) is 5.91. The maximum atomic E-state index is 14.5. The van der Waals surface area contributed by atoms with Crippen molar-refractivity contribution < 1.29 is 13.9 Å². The molecule has 174 valence electrons. The van der Waals surface area contributed by atoms with Crippen LogP contribution in [-0.2, 0) is 0 Å². The van der Waals surface area contributed by atoms with Gasteiger partial charge in [-0.3, -0.25) is 0 Å². The fourth-order valence-corrected chi connectivity index (χ4v) is 4.34. The zero-order valence-corrected chi connectivity index (χ0v) is 20.1. The predicted octanol–water partition coefficient (Wildman–Crippen LogP) is 5.21. The Labute approximate surface area is 201 Å². The number of nitrogens with one attached hydrogen (secondary N) is 1. The molecule has 0 atom stereocenters. The van der Waals surface area contributed by atoms with E-state index in [4.69, 9.17) is 0 Å². The minimum atomic E-state index is -0.647. The second-order valence-corrected chi connectivity index (χ2v) is 9.23. The van der Waals surface area contributed by atoms with Crippen molar-refractivity contribution in [2.75, 3.05) is 51.6 Å². The van der Waals surface area contributed by atoms with E-state index in [9.17, 15) is 13.9 Å². The lowest BCUT2D eigenvalue weighted by Gasteiger charge is -2.32. The minimum Gasteiger partial charge on any atom is -0.507 e. The van der Waals surface area contributed by atoms with E-state index in [0.29, 0.717) is 29.2 Å². The van der Waals surface area contributed by atoms with E-state index in [1.165, 1.54) is 18.2 Å². The van der Waals surface area contributed by atoms with Crippen molar-refractivity contribution in [3.8, 4) is 28.1 Å². The summed E-state index contributed by atoms with van der Waals surface area (Å²) < 4.78 is 29.8. The fourth-order valence-electron chi connectivity index (χ4n) is 3.98. The molecule has 1 aromatic heterocycles. The number of aromatic nitrogens is 1. The predicted molar refractivity (Wildman–Crippen MR) is 131 cm³/mol. The number of pyridine rings is 1. The quantitative estimate of drug-likeness (QED) is 0.422. The molecule has 0 radical (unpaired) electrons. The topological polar surface area (TPSA) is 51.6 Å². The van der Waals surface area contributed by atoms with Crippen LogP contribution < -0.4 is 5.32 Å². The van der Waals surface area contributed by atoms with Gasteiger partial charge in [-0.2, -0.15) is 0 Å². The lowest BCUT2D eigenvalue weighted by Crippen LogP contribution is -2.44. The molecule has 1 aliphatic rings. The van der Waals surface area contributed by atoms with Gasteiger partial charge in [0.2, 0.25) is 0 Å². The van der Waals surface area contributed by atoms with Gasteiger partial charge in [-0.25, -0.2) is 13.8 Å². The van der Waals surface area contributed by atoms with Gasteiger partial charge in [-0.1, -0.05) is 22.0 Å². The summed E-state index contributed by atoms with van der Waals surface area (Å²) in [5, 5.41) is 13.7. The van der Waals surface area contributed by atoms with Crippen molar-refractivity contribution in [3.63, 3.8) is 0 Å². The summed E-state index contributed by atoms with van der Waals surface area (Å²) in [6.07, 6.45) is 0.918. The molecule has 5 nitrogen and oxygen atoms in total. The average Bonchev–Trinajstić information content (AvgIpc) is 2.79. The Hall–Kier alpha value is -2.55. The number of likely N-dealkylation sites (N-methyl/N-ethyl adjacent to an activating group) is 1. The van der Waals surface area contributed by atoms with Crippen LogP contribution in [0.1, 0.15) is 6.42 Å². The SMILES string of the molecule is CN1CCN(CCCNc2cc(-c3c(F)cccc3F)cc(-c3cc(Br)ccc3O)n2)CC1. The highest BCUT2D eigenvalue weighted by molar-refractivity contribution is 9.10. The molecule has 0 aliphatic carbocycles. The maximum absolute atomic E-state index is 14.5. The van der Waals surface area contributed by atoms with E-state index in [1.54, 1.807) is 30.3 Å². The fraction of sp³-hybridized carbons (Fsp3) is 0.320. The second-order valence-electron chi connectivity index (χ2n) is 8.31.